The molecule has 6 nitrogen and oxygen atoms in total. The van der Waals surface area contributed by atoms with Crippen LogP contribution in [-0.4, -0.2) is 14.7 Å². The molecular formula is C11H9BrFN3O3. The molecule has 0 atom stereocenters. The van der Waals surface area contributed by atoms with Crippen molar-refractivity contribution in [3.63, 3.8) is 0 Å². The van der Waals surface area contributed by atoms with E-state index in [1.165, 1.54) is 36.9 Å². The van der Waals surface area contributed by atoms with Gasteiger partial charge in [-0.3, -0.25) is 10.1 Å². The fraction of sp³-hybridized carbons (Fsp3) is 0.182. The van der Waals surface area contributed by atoms with E-state index < -0.39 is 10.7 Å². The molecule has 0 aliphatic carbocycles. The number of hydrogen-bond acceptors (Lipinski definition) is 4. The van der Waals surface area contributed by atoms with Crippen LogP contribution in [0.25, 0.3) is 0 Å². The molecule has 0 aliphatic heterocycles. The minimum Gasteiger partial charge on any atom is -0.434 e. The summed E-state index contributed by atoms with van der Waals surface area (Å²) in [5, 5.41) is 14.9. The van der Waals surface area contributed by atoms with Gasteiger partial charge in [-0.15, -0.1) is 0 Å². The summed E-state index contributed by atoms with van der Waals surface area (Å²) in [5.41, 5.74) is 0.0478. The van der Waals surface area contributed by atoms with Gasteiger partial charge in [0.1, 0.15) is 17.3 Å². The van der Waals surface area contributed by atoms with E-state index in [1.54, 1.807) is 0 Å². The first-order valence-electron chi connectivity index (χ1n) is 5.21. The fourth-order valence-corrected chi connectivity index (χ4v) is 1.96. The van der Waals surface area contributed by atoms with Crippen LogP contribution < -0.4 is 4.74 Å². The lowest BCUT2D eigenvalue weighted by Gasteiger charge is -2.05. The van der Waals surface area contributed by atoms with Crippen molar-refractivity contribution in [1.29, 1.82) is 0 Å². The second-order valence-electron chi connectivity index (χ2n) is 3.80. The van der Waals surface area contributed by atoms with Crippen molar-refractivity contribution in [2.45, 2.75) is 6.92 Å². The molecule has 1 aromatic heterocycles. The maximum Gasteiger partial charge on any atom is 0.353 e. The topological polar surface area (TPSA) is 70.2 Å². The number of nitro groups is 1. The van der Waals surface area contributed by atoms with Crippen LogP contribution in [-0.2, 0) is 7.05 Å². The van der Waals surface area contributed by atoms with Crippen LogP contribution in [0.3, 0.4) is 0 Å². The Hall–Kier alpha value is -1.96. The number of ether oxygens (including phenoxy) is 1. The Morgan fingerprint density at radius 1 is 1.53 bits per heavy atom. The summed E-state index contributed by atoms with van der Waals surface area (Å²) in [6.45, 7) is 1.52. The van der Waals surface area contributed by atoms with Gasteiger partial charge in [-0.1, -0.05) is 0 Å². The zero-order chi connectivity index (χ0) is 14.2. The summed E-state index contributed by atoms with van der Waals surface area (Å²) < 4.78 is 20.0. The quantitative estimate of drug-likeness (QED) is 0.639. The highest BCUT2D eigenvalue weighted by Gasteiger charge is 2.26. The number of rotatable bonds is 3. The highest BCUT2D eigenvalue weighted by molar-refractivity contribution is 9.10. The Morgan fingerprint density at radius 3 is 2.79 bits per heavy atom. The summed E-state index contributed by atoms with van der Waals surface area (Å²) in [6, 6.07) is 3.97. The zero-order valence-corrected chi connectivity index (χ0v) is 11.6. The second kappa shape index (κ2) is 4.96. The molecule has 0 spiro atoms. The second-order valence-corrected chi connectivity index (χ2v) is 4.65. The average Bonchev–Trinajstić information content (AvgIpc) is 2.59. The van der Waals surface area contributed by atoms with E-state index in [0.29, 0.717) is 0 Å². The minimum atomic E-state index is -0.559. The van der Waals surface area contributed by atoms with E-state index in [0.717, 1.165) is 0 Å². The third-order valence-electron chi connectivity index (χ3n) is 2.43. The summed E-state index contributed by atoms with van der Waals surface area (Å²) in [5.74, 6) is -0.164. The molecule has 0 radical (unpaired) electrons. The van der Waals surface area contributed by atoms with E-state index in [-0.39, 0.29) is 27.5 Å². The summed E-state index contributed by atoms with van der Waals surface area (Å²) in [7, 11) is 1.54. The van der Waals surface area contributed by atoms with E-state index >= 15 is 0 Å². The van der Waals surface area contributed by atoms with Crippen LogP contribution in [0.5, 0.6) is 11.6 Å². The standard InChI is InChI=1S/C11H9BrFN3O3/c1-6-10(16(17)18)11(15(2)14-6)19-7-3-4-9(13)8(12)5-7/h3-5H,1-2H3. The predicted molar refractivity (Wildman–Crippen MR) is 68.8 cm³/mol. The van der Waals surface area contributed by atoms with Crippen LogP contribution in [0.4, 0.5) is 10.1 Å². The first-order valence-corrected chi connectivity index (χ1v) is 6.00. The van der Waals surface area contributed by atoms with Gasteiger partial charge in [0.2, 0.25) is 0 Å². The van der Waals surface area contributed by atoms with Crippen molar-refractivity contribution >= 4 is 21.6 Å². The smallest absolute Gasteiger partial charge is 0.353 e. The SMILES string of the molecule is Cc1nn(C)c(Oc2ccc(F)c(Br)c2)c1[N+](=O)[O-]. The Bertz CT molecular complexity index is 657. The van der Waals surface area contributed by atoms with Crippen molar-refractivity contribution in [2.24, 2.45) is 7.05 Å². The molecule has 0 N–H and O–H groups in total. The molecule has 0 aliphatic rings. The van der Waals surface area contributed by atoms with Crippen LogP contribution >= 0.6 is 15.9 Å². The average molecular weight is 330 g/mol. The molecule has 1 aromatic carbocycles. The molecule has 19 heavy (non-hydrogen) atoms. The molecule has 8 heteroatoms. The third kappa shape index (κ3) is 2.58. The van der Waals surface area contributed by atoms with Crippen LogP contribution in [0.2, 0.25) is 0 Å². The van der Waals surface area contributed by atoms with Gasteiger partial charge >= 0.3 is 5.69 Å². The van der Waals surface area contributed by atoms with Gasteiger partial charge < -0.3 is 4.74 Å². The lowest BCUT2D eigenvalue weighted by molar-refractivity contribution is -0.386. The Labute approximate surface area is 116 Å². The zero-order valence-electron chi connectivity index (χ0n) is 10.1. The van der Waals surface area contributed by atoms with Gasteiger partial charge in [0.25, 0.3) is 5.88 Å². The Kier molecular flexibility index (Phi) is 3.52. The van der Waals surface area contributed by atoms with Gasteiger partial charge in [0.05, 0.1) is 9.40 Å². The van der Waals surface area contributed by atoms with E-state index in [2.05, 4.69) is 21.0 Å². The normalized spacial score (nSPS) is 10.5. The van der Waals surface area contributed by atoms with Gasteiger partial charge in [-0.25, -0.2) is 9.07 Å². The van der Waals surface area contributed by atoms with Gasteiger partial charge in [-0.05, 0) is 41.1 Å². The molecule has 0 unspecified atom stereocenters. The molecule has 0 saturated heterocycles. The molecule has 0 fully saturated rings. The number of aromatic nitrogens is 2. The summed E-state index contributed by atoms with van der Waals surface area (Å²) in [4.78, 5) is 10.4. The lowest BCUT2D eigenvalue weighted by atomic mass is 10.3. The first kappa shape index (κ1) is 13.5. The van der Waals surface area contributed by atoms with Crippen molar-refractivity contribution in [2.75, 3.05) is 0 Å². The number of nitrogens with zero attached hydrogens (tertiary/aromatic N) is 3. The fourth-order valence-electron chi connectivity index (χ4n) is 1.60. The molecular weight excluding hydrogens is 321 g/mol. The van der Waals surface area contributed by atoms with Gasteiger partial charge in [0.15, 0.2) is 0 Å². The molecule has 100 valence electrons. The van der Waals surface area contributed by atoms with Crippen LogP contribution in [0.15, 0.2) is 22.7 Å². The maximum atomic E-state index is 13.1. The number of halogens is 2. The molecule has 0 amide bonds. The van der Waals surface area contributed by atoms with Crippen molar-refractivity contribution < 1.29 is 14.1 Å². The number of aryl methyl sites for hydroxylation is 2. The van der Waals surface area contributed by atoms with Gasteiger partial charge in [-0.2, -0.15) is 5.10 Å². The summed E-state index contributed by atoms with van der Waals surface area (Å²) in [6.07, 6.45) is 0. The number of hydrogen-bond donors (Lipinski definition) is 0. The molecule has 2 rings (SSSR count). The molecule has 0 bridgehead atoms. The summed E-state index contributed by atoms with van der Waals surface area (Å²) >= 11 is 3.02. The monoisotopic (exact) mass is 329 g/mol. The number of benzene rings is 1. The van der Waals surface area contributed by atoms with Crippen LogP contribution in [0.1, 0.15) is 5.69 Å². The Balaban J connectivity index is 2.43. The Morgan fingerprint density at radius 2 is 2.21 bits per heavy atom. The van der Waals surface area contributed by atoms with E-state index in [9.17, 15) is 14.5 Å². The highest BCUT2D eigenvalue weighted by atomic mass is 79.9. The molecule has 2 aromatic rings. The lowest BCUT2D eigenvalue weighted by Crippen LogP contribution is -1.97. The largest absolute Gasteiger partial charge is 0.434 e. The predicted octanol–water partition coefficient (Wildman–Crippen LogP) is 3.33. The highest BCUT2D eigenvalue weighted by Crippen LogP contribution is 2.34. The van der Waals surface area contributed by atoms with E-state index in [4.69, 9.17) is 4.74 Å². The maximum absolute atomic E-state index is 13.1. The molecule has 1 heterocycles. The van der Waals surface area contributed by atoms with Gasteiger partial charge in [0, 0.05) is 7.05 Å². The third-order valence-corrected chi connectivity index (χ3v) is 3.04. The minimum absolute atomic E-state index is 0.000933. The van der Waals surface area contributed by atoms with Crippen molar-refractivity contribution in [3.8, 4) is 11.6 Å². The van der Waals surface area contributed by atoms with Crippen LogP contribution in [0, 0.1) is 22.9 Å². The van der Waals surface area contributed by atoms with Crippen molar-refractivity contribution in [3.05, 3.63) is 44.3 Å². The first-order chi connectivity index (χ1) is 8.90. The van der Waals surface area contributed by atoms with Crippen molar-refractivity contribution in [1.82, 2.24) is 9.78 Å². The van der Waals surface area contributed by atoms with E-state index in [1.807, 2.05) is 0 Å². The molecule has 0 saturated carbocycles.